The first-order valence-electron chi connectivity index (χ1n) is 14.8. The third-order valence-corrected chi connectivity index (χ3v) is 13.2. The average Bonchev–Trinajstić information content (AvgIpc) is 3.41. The van der Waals surface area contributed by atoms with Crippen LogP contribution < -0.4 is 15.3 Å². The molecule has 0 bridgehead atoms. The number of anilines is 1. The Morgan fingerprint density at radius 2 is 1.57 bits per heavy atom. The molecule has 1 saturated heterocycles. The Morgan fingerprint density at radius 1 is 1.00 bits per heavy atom. The molecule has 0 aliphatic carbocycles. The average molecular weight is 619 g/mol. The summed E-state index contributed by atoms with van der Waals surface area (Å²) in [6.07, 6.45) is 2.78. The van der Waals surface area contributed by atoms with Crippen LogP contribution >= 0.6 is 0 Å². The molecule has 0 radical (unpaired) electrons. The molecule has 1 aliphatic rings. The van der Waals surface area contributed by atoms with E-state index in [9.17, 15) is 5.21 Å². The van der Waals surface area contributed by atoms with Crippen LogP contribution in [0.15, 0.2) is 84.3 Å². The molecule has 1 aliphatic heterocycles. The standard InChI is InChI=1S/C34H40F2N4O3Si/c1-23-20-40(21-24(2)43-23)32-25(19-28(29(35)30(32)36)31(38-41)33-37-17-18-39(33)6)22-42-44(34(3,4)5,26-13-9-7-10-14-26)27-15-11-8-12-16-27/h7-19,23-24,41H,20-22H2,1-6H3/b38-31-/t23-,24+. The number of aromatic nitrogens is 2. The number of morpholine rings is 1. The Morgan fingerprint density at radius 3 is 2.05 bits per heavy atom. The monoisotopic (exact) mass is 618 g/mol. The number of benzene rings is 3. The van der Waals surface area contributed by atoms with Gasteiger partial charge in [0.25, 0.3) is 8.32 Å². The number of ether oxygens (including phenoxy) is 1. The van der Waals surface area contributed by atoms with Crippen molar-refractivity contribution in [2.75, 3.05) is 18.0 Å². The van der Waals surface area contributed by atoms with E-state index >= 15 is 8.78 Å². The Bertz CT molecular complexity index is 1570. The van der Waals surface area contributed by atoms with Gasteiger partial charge in [0.2, 0.25) is 0 Å². The number of rotatable bonds is 8. The van der Waals surface area contributed by atoms with E-state index in [4.69, 9.17) is 9.16 Å². The molecule has 2 atom stereocenters. The predicted molar refractivity (Wildman–Crippen MR) is 172 cm³/mol. The zero-order valence-electron chi connectivity index (χ0n) is 26.1. The second kappa shape index (κ2) is 12.6. The van der Waals surface area contributed by atoms with E-state index in [1.54, 1.807) is 23.9 Å². The summed E-state index contributed by atoms with van der Waals surface area (Å²) >= 11 is 0. The summed E-state index contributed by atoms with van der Waals surface area (Å²) in [6, 6.07) is 21.9. The number of imidazole rings is 1. The number of nitrogens with zero attached hydrogens (tertiary/aromatic N) is 4. The van der Waals surface area contributed by atoms with E-state index in [0.717, 1.165) is 10.4 Å². The van der Waals surface area contributed by atoms with Gasteiger partial charge in [-0.2, -0.15) is 0 Å². The summed E-state index contributed by atoms with van der Waals surface area (Å²) in [6.45, 7) is 11.1. The van der Waals surface area contributed by atoms with Crippen molar-refractivity contribution >= 4 is 30.1 Å². The van der Waals surface area contributed by atoms with Crippen LogP contribution in [0.1, 0.15) is 51.6 Å². The fraction of sp³-hybridized carbons (Fsp3) is 0.353. The molecule has 44 heavy (non-hydrogen) atoms. The van der Waals surface area contributed by atoms with Crippen molar-refractivity contribution in [2.45, 2.75) is 58.5 Å². The molecule has 232 valence electrons. The maximum atomic E-state index is 16.4. The zero-order chi connectivity index (χ0) is 31.6. The van der Waals surface area contributed by atoms with Crippen LogP contribution in [0.4, 0.5) is 14.5 Å². The fourth-order valence-corrected chi connectivity index (χ4v) is 10.9. The van der Waals surface area contributed by atoms with E-state index in [2.05, 4.69) is 55.2 Å². The fourth-order valence-electron chi connectivity index (χ4n) is 6.41. The lowest BCUT2D eigenvalue weighted by Crippen LogP contribution is -2.66. The first-order valence-corrected chi connectivity index (χ1v) is 16.7. The van der Waals surface area contributed by atoms with Gasteiger partial charge >= 0.3 is 0 Å². The van der Waals surface area contributed by atoms with Crippen molar-refractivity contribution in [3.63, 3.8) is 0 Å². The first kappa shape index (κ1) is 31.6. The Labute approximate surface area is 258 Å². The summed E-state index contributed by atoms with van der Waals surface area (Å²) in [4.78, 5) is 6.06. The molecular weight excluding hydrogens is 578 g/mol. The van der Waals surface area contributed by atoms with Gasteiger partial charge in [-0.1, -0.05) is 86.6 Å². The third kappa shape index (κ3) is 5.81. The second-order valence-electron chi connectivity index (χ2n) is 12.5. The number of hydrogen-bond acceptors (Lipinski definition) is 6. The van der Waals surface area contributed by atoms with E-state index in [1.807, 2.05) is 55.1 Å². The lowest BCUT2D eigenvalue weighted by molar-refractivity contribution is -0.00553. The molecule has 5 rings (SSSR count). The number of oxime groups is 1. The van der Waals surface area contributed by atoms with Gasteiger partial charge < -0.3 is 23.8 Å². The van der Waals surface area contributed by atoms with Gasteiger partial charge in [0, 0.05) is 43.7 Å². The molecular formula is C34H40F2N4O3Si. The Hall–Kier alpha value is -3.86. The molecule has 7 nitrogen and oxygen atoms in total. The lowest BCUT2D eigenvalue weighted by Gasteiger charge is -2.43. The van der Waals surface area contributed by atoms with Crippen molar-refractivity contribution in [1.82, 2.24) is 9.55 Å². The van der Waals surface area contributed by atoms with Gasteiger partial charge in [-0.3, -0.25) is 0 Å². The maximum absolute atomic E-state index is 16.4. The highest BCUT2D eigenvalue weighted by Gasteiger charge is 2.50. The van der Waals surface area contributed by atoms with Gasteiger partial charge in [-0.15, -0.1) is 0 Å². The third-order valence-electron chi connectivity index (χ3n) is 8.24. The molecule has 0 saturated carbocycles. The summed E-state index contributed by atoms with van der Waals surface area (Å²) in [5.74, 6) is -1.94. The maximum Gasteiger partial charge on any atom is 0.261 e. The van der Waals surface area contributed by atoms with Crippen LogP contribution in [-0.4, -0.2) is 54.1 Å². The van der Waals surface area contributed by atoms with E-state index in [-0.39, 0.29) is 46.6 Å². The Kier molecular flexibility index (Phi) is 9.06. The van der Waals surface area contributed by atoms with E-state index in [0.29, 0.717) is 18.7 Å². The lowest BCUT2D eigenvalue weighted by atomic mass is 10.0. The highest BCUT2D eigenvalue weighted by atomic mass is 28.4. The molecule has 1 N–H and O–H groups in total. The van der Waals surface area contributed by atoms with Crippen molar-refractivity contribution in [2.24, 2.45) is 12.2 Å². The van der Waals surface area contributed by atoms with E-state index in [1.165, 1.54) is 6.20 Å². The van der Waals surface area contributed by atoms with Gasteiger partial charge in [-0.05, 0) is 35.3 Å². The zero-order valence-corrected chi connectivity index (χ0v) is 27.1. The molecule has 3 aromatic carbocycles. The molecule has 0 amide bonds. The second-order valence-corrected chi connectivity index (χ2v) is 16.8. The minimum absolute atomic E-state index is 0.00773. The highest BCUT2D eigenvalue weighted by molar-refractivity contribution is 6.99. The minimum atomic E-state index is -3.03. The SMILES string of the molecule is C[C@@H]1CN(c2c(CO[Si](c3ccccc3)(c3ccccc3)C(C)(C)C)cc(/C(=N/O)c3nccn3C)c(F)c2F)C[C@H](C)O1. The van der Waals surface area contributed by atoms with E-state index < -0.39 is 20.0 Å². The molecule has 2 heterocycles. The van der Waals surface area contributed by atoms with Crippen LogP contribution in [0.25, 0.3) is 0 Å². The van der Waals surface area contributed by atoms with Crippen LogP contribution in [0.2, 0.25) is 5.04 Å². The largest absolute Gasteiger partial charge is 0.410 e. The molecule has 1 aromatic heterocycles. The summed E-state index contributed by atoms with van der Waals surface area (Å²) in [7, 11) is -1.34. The molecule has 0 unspecified atom stereocenters. The molecule has 1 fully saturated rings. The normalized spacial score (nSPS) is 18.1. The quantitative estimate of drug-likeness (QED) is 0.120. The van der Waals surface area contributed by atoms with Crippen molar-refractivity contribution in [3.8, 4) is 0 Å². The topological polar surface area (TPSA) is 72.1 Å². The number of hydrogen-bond donors (Lipinski definition) is 1. The molecule has 0 spiro atoms. The van der Waals surface area contributed by atoms with Gasteiger partial charge in [0.1, 0.15) is 0 Å². The highest BCUT2D eigenvalue weighted by Crippen LogP contribution is 2.39. The first-order chi connectivity index (χ1) is 21.0. The number of aryl methyl sites for hydroxylation is 1. The van der Waals surface area contributed by atoms with Crippen LogP contribution in [0.5, 0.6) is 0 Å². The predicted octanol–water partition coefficient (Wildman–Crippen LogP) is 5.62. The minimum Gasteiger partial charge on any atom is -0.410 e. The molecule has 4 aromatic rings. The van der Waals surface area contributed by atoms with Gasteiger partial charge in [-0.25, -0.2) is 13.8 Å². The van der Waals surface area contributed by atoms with Crippen molar-refractivity contribution < 1.29 is 23.2 Å². The van der Waals surface area contributed by atoms with Gasteiger partial charge in [0.05, 0.1) is 24.5 Å². The van der Waals surface area contributed by atoms with Crippen molar-refractivity contribution in [3.05, 3.63) is 108 Å². The smallest absolute Gasteiger partial charge is 0.261 e. The van der Waals surface area contributed by atoms with Gasteiger partial charge in [0.15, 0.2) is 23.2 Å². The van der Waals surface area contributed by atoms with Crippen LogP contribution in [0, 0.1) is 11.6 Å². The van der Waals surface area contributed by atoms with Crippen LogP contribution in [-0.2, 0) is 22.8 Å². The summed E-state index contributed by atoms with van der Waals surface area (Å²) < 4.78 is 47.2. The summed E-state index contributed by atoms with van der Waals surface area (Å²) in [5.41, 5.74) is 0.209. The Balaban J connectivity index is 1.71. The van der Waals surface area contributed by atoms with Crippen molar-refractivity contribution in [1.29, 1.82) is 0 Å². The number of halogens is 2. The molecule has 10 heteroatoms. The van der Waals surface area contributed by atoms with Crippen LogP contribution in [0.3, 0.4) is 0 Å². The summed E-state index contributed by atoms with van der Waals surface area (Å²) in [5, 5.41) is 15.2.